The van der Waals surface area contributed by atoms with Gasteiger partial charge in [0.15, 0.2) is 11.0 Å². The minimum absolute atomic E-state index is 0.133. The Kier molecular flexibility index (Phi) is 7.94. The molecule has 0 radical (unpaired) electrons. The molecule has 0 fully saturated rings. The number of aliphatic carboxylic acids is 1. The van der Waals surface area contributed by atoms with Crippen LogP contribution in [0.4, 0.5) is 0 Å². The number of nitrogens with zero attached hydrogens (tertiary/aromatic N) is 4. The second-order valence-corrected chi connectivity index (χ2v) is 9.65. The molecule has 10 heteroatoms. The molecule has 8 nitrogen and oxygen atoms in total. The predicted molar refractivity (Wildman–Crippen MR) is 146 cm³/mol. The maximum absolute atomic E-state index is 12.3. The Morgan fingerprint density at radius 3 is 2.27 bits per heavy atom. The Morgan fingerprint density at radius 1 is 1.05 bits per heavy atom. The topological polar surface area (TPSA) is 91.4 Å². The molecule has 0 aliphatic rings. The molecule has 0 saturated carbocycles. The molecular weight excluding hydrogens is 512 g/mol. The van der Waals surface area contributed by atoms with Crippen molar-refractivity contribution in [3.05, 3.63) is 75.4 Å². The third kappa shape index (κ3) is 5.52. The summed E-state index contributed by atoms with van der Waals surface area (Å²) >= 11 is 7.11. The average molecular weight is 539 g/mol. The van der Waals surface area contributed by atoms with Crippen LogP contribution < -0.4 is 9.47 Å². The zero-order chi connectivity index (χ0) is 26.7. The zero-order valence-electron chi connectivity index (χ0n) is 21.2. The highest BCUT2D eigenvalue weighted by Crippen LogP contribution is 2.34. The van der Waals surface area contributed by atoms with Crippen molar-refractivity contribution in [1.29, 1.82) is 0 Å². The molecule has 0 unspecified atom stereocenters. The van der Waals surface area contributed by atoms with E-state index in [0.29, 0.717) is 34.0 Å². The highest BCUT2D eigenvalue weighted by molar-refractivity contribution is 8.04. The van der Waals surface area contributed by atoms with Crippen LogP contribution in [0.2, 0.25) is 5.02 Å². The minimum Gasteiger partial charge on any atom is -0.497 e. The van der Waals surface area contributed by atoms with Crippen LogP contribution in [0.25, 0.3) is 23.2 Å². The fraction of sp³-hybridized carbons (Fsp3) is 0.222. The van der Waals surface area contributed by atoms with Gasteiger partial charge in [0.1, 0.15) is 16.4 Å². The standard InChI is InChI=1S/C27H27ClN4O4S/c1-6-31-25(19-12-22(35-4)15-23(13-19)36-5)29-30-27(31)37-24(26(33)34)14-18-11-16(2)32(17(18)3)21-9-7-20(28)8-10-21/h7-15H,6H2,1-5H3,(H,33,34)/b24-14-. The van der Waals surface area contributed by atoms with Crippen LogP contribution in [-0.2, 0) is 11.3 Å². The lowest BCUT2D eigenvalue weighted by Gasteiger charge is -2.11. The van der Waals surface area contributed by atoms with Crippen molar-refractivity contribution in [3.63, 3.8) is 0 Å². The van der Waals surface area contributed by atoms with Crippen LogP contribution in [0, 0.1) is 13.8 Å². The van der Waals surface area contributed by atoms with Crippen LogP contribution in [0.5, 0.6) is 11.5 Å². The molecule has 192 valence electrons. The van der Waals surface area contributed by atoms with E-state index in [9.17, 15) is 9.90 Å². The Morgan fingerprint density at radius 2 is 1.70 bits per heavy atom. The van der Waals surface area contributed by atoms with Gasteiger partial charge >= 0.3 is 5.97 Å². The van der Waals surface area contributed by atoms with Gasteiger partial charge in [-0.05, 0) is 86.6 Å². The Bertz CT molecular complexity index is 1450. The second-order valence-electron chi connectivity index (χ2n) is 8.21. The number of benzene rings is 2. The fourth-order valence-corrected chi connectivity index (χ4v) is 5.10. The van der Waals surface area contributed by atoms with Gasteiger partial charge in [-0.2, -0.15) is 0 Å². The number of hydrogen-bond acceptors (Lipinski definition) is 6. The van der Waals surface area contributed by atoms with Crippen molar-refractivity contribution in [1.82, 2.24) is 19.3 Å². The van der Waals surface area contributed by atoms with Gasteiger partial charge in [0.25, 0.3) is 0 Å². The molecule has 0 bridgehead atoms. The maximum atomic E-state index is 12.3. The van der Waals surface area contributed by atoms with E-state index in [2.05, 4.69) is 14.8 Å². The minimum atomic E-state index is -1.04. The molecule has 0 spiro atoms. The number of aromatic nitrogens is 4. The molecule has 37 heavy (non-hydrogen) atoms. The van der Waals surface area contributed by atoms with E-state index in [0.717, 1.165) is 40.0 Å². The summed E-state index contributed by atoms with van der Waals surface area (Å²) < 4.78 is 14.7. The number of carboxylic acids is 1. The smallest absolute Gasteiger partial charge is 0.342 e. The molecule has 0 saturated heterocycles. The number of halogens is 1. The number of carbonyl (C=O) groups is 1. The molecule has 0 aliphatic heterocycles. The summed E-state index contributed by atoms with van der Waals surface area (Å²) in [5.41, 5.74) is 4.40. The molecule has 4 rings (SSSR count). The molecular formula is C27H27ClN4O4S. The molecule has 2 aromatic carbocycles. The van der Waals surface area contributed by atoms with E-state index in [-0.39, 0.29) is 4.91 Å². The number of thioether (sulfide) groups is 1. The highest BCUT2D eigenvalue weighted by atomic mass is 35.5. The van der Waals surface area contributed by atoms with Crippen molar-refractivity contribution >= 4 is 35.4 Å². The van der Waals surface area contributed by atoms with Gasteiger partial charge in [-0.1, -0.05) is 11.6 Å². The summed E-state index contributed by atoms with van der Waals surface area (Å²) in [6.45, 7) is 6.44. The lowest BCUT2D eigenvalue weighted by atomic mass is 10.2. The average Bonchev–Trinajstić information content (AvgIpc) is 3.43. The fourth-order valence-electron chi connectivity index (χ4n) is 4.10. The van der Waals surface area contributed by atoms with Gasteiger partial charge in [-0.25, -0.2) is 4.79 Å². The van der Waals surface area contributed by atoms with Crippen LogP contribution in [0.3, 0.4) is 0 Å². The molecule has 1 N–H and O–H groups in total. The molecule has 4 aromatic rings. The summed E-state index contributed by atoms with van der Waals surface area (Å²) in [6, 6.07) is 14.9. The van der Waals surface area contributed by atoms with E-state index in [1.165, 1.54) is 0 Å². The number of rotatable bonds is 9. The Labute approximate surface area is 224 Å². The quantitative estimate of drug-likeness (QED) is 0.198. The third-order valence-electron chi connectivity index (χ3n) is 5.90. The first-order valence-corrected chi connectivity index (χ1v) is 12.7. The molecule has 2 heterocycles. The van der Waals surface area contributed by atoms with Gasteiger partial charge in [-0.3, -0.25) is 0 Å². The molecule has 0 aliphatic carbocycles. The van der Waals surface area contributed by atoms with Crippen molar-refractivity contribution in [3.8, 4) is 28.6 Å². The number of methoxy groups -OCH3 is 2. The van der Waals surface area contributed by atoms with Crippen molar-refractivity contribution in [2.75, 3.05) is 14.2 Å². The van der Waals surface area contributed by atoms with Crippen molar-refractivity contribution < 1.29 is 19.4 Å². The van der Waals surface area contributed by atoms with Gasteiger partial charge < -0.3 is 23.7 Å². The summed E-state index contributed by atoms with van der Waals surface area (Å²) in [5, 5.41) is 19.8. The summed E-state index contributed by atoms with van der Waals surface area (Å²) in [6.07, 6.45) is 1.67. The van der Waals surface area contributed by atoms with Crippen molar-refractivity contribution in [2.45, 2.75) is 32.5 Å². The van der Waals surface area contributed by atoms with Gasteiger partial charge in [0, 0.05) is 40.3 Å². The SMILES string of the molecule is CCn1c(S/C(=C\c2cc(C)n(-c3ccc(Cl)cc3)c2C)C(=O)O)nnc1-c1cc(OC)cc(OC)c1. The normalized spacial score (nSPS) is 11.6. The second kappa shape index (κ2) is 11.1. The van der Waals surface area contributed by atoms with Gasteiger partial charge in [0.05, 0.1) is 14.2 Å². The number of ether oxygens (including phenoxy) is 2. The maximum Gasteiger partial charge on any atom is 0.342 e. The Balaban J connectivity index is 1.71. The summed E-state index contributed by atoms with van der Waals surface area (Å²) in [7, 11) is 3.16. The predicted octanol–water partition coefficient (Wildman–Crippen LogP) is 6.26. The van der Waals surface area contributed by atoms with E-state index < -0.39 is 5.97 Å². The summed E-state index contributed by atoms with van der Waals surface area (Å²) in [4.78, 5) is 12.4. The lowest BCUT2D eigenvalue weighted by Crippen LogP contribution is -2.03. The zero-order valence-corrected chi connectivity index (χ0v) is 22.7. The van der Waals surface area contributed by atoms with Crippen molar-refractivity contribution in [2.24, 2.45) is 0 Å². The highest BCUT2D eigenvalue weighted by Gasteiger charge is 2.20. The molecule has 2 aromatic heterocycles. The molecule has 0 atom stereocenters. The van der Waals surface area contributed by atoms with Gasteiger partial charge in [-0.15, -0.1) is 10.2 Å². The third-order valence-corrected chi connectivity index (χ3v) is 7.15. The Hall–Kier alpha value is -3.69. The van der Waals surface area contributed by atoms with E-state index >= 15 is 0 Å². The van der Waals surface area contributed by atoms with Crippen LogP contribution in [0.1, 0.15) is 23.9 Å². The van der Waals surface area contributed by atoms with Crippen LogP contribution in [-0.4, -0.2) is 44.6 Å². The van der Waals surface area contributed by atoms with E-state index in [4.69, 9.17) is 21.1 Å². The monoisotopic (exact) mass is 538 g/mol. The first-order chi connectivity index (χ1) is 17.7. The number of aryl methyl sites for hydroxylation is 1. The number of carboxylic acid groups (broad SMARTS) is 1. The number of hydrogen-bond donors (Lipinski definition) is 1. The lowest BCUT2D eigenvalue weighted by molar-refractivity contribution is -0.131. The van der Waals surface area contributed by atoms with Gasteiger partial charge in [0.2, 0.25) is 0 Å². The first kappa shape index (κ1) is 26.4. The largest absolute Gasteiger partial charge is 0.497 e. The summed E-state index contributed by atoms with van der Waals surface area (Å²) in [5.74, 6) is 0.789. The molecule has 0 amide bonds. The van der Waals surface area contributed by atoms with Crippen LogP contribution in [0.15, 0.2) is 58.6 Å². The van der Waals surface area contributed by atoms with E-state index in [1.54, 1.807) is 26.4 Å². The first-order valence-electron chi connectivity index (χ1n) is 11.5. The van der Waals surface area contributed by atoms with Crippen LogP contribution >= 0.6 is 23.4 Å². The van der Waals surface area contributed by atoms with E-state index in [1.807, 2.05) is 67.8 Å².